The van der Waals surface area contributed by atoms with Crippen molar-refractivity contribution in [3.63, 3.8) is 0 Å². The minimum Gasteiger partial charge on any atom is -0.340 e. The van der Waals surface area contributed by atoms with E-state index in [1.165, 1.54) is 0 Å². The molecule has 0 radical (unpaired) electrons. The molecular formula is C16H20N6O. The molecule has 0 bridgehead atoms. The van der Waals surface area contributed by atoms with Gasteiger partial charge in [0, 0.05) is 45.3 Å². The summed E-state index contributed by atoms with van der Waals surface area (Å²) in [5.74, 6) is 0.935. The summed E-state index contributed by atoms with van der Waals surface area (Å²) < 4.78 is 1.73. The van der Waals surface area contributed by atoms with E-state index in [0.29, 0.717) is 6.54 Å². The number of anilines is 2. The third kappa shape index (κ3) is 2.36. The van der Waals surface area contributed by atoms with Gasteiger partial charge in [0.1, 0.15) is 0 Å². The van der Waals surface area contributed by atoms with Gasteiger partial charge in [0.25, 0.3) is 0 Å². The van der Waals surface area contributed by atoms with Crippen molar-refractivity contribution in [2.24, 2.45) is 12.5 Å². The summed E-state index contributed by atoms with van der Waals surface area (Å²) >= 11 is 0. The van der Waals surface area contributed by atoms with Crippen LogP contribution in [0.25, 0.3) is 0 Å². The fourth-order valence-electron chi connectivity index (χ4n) is 3.75. The van der Waals surface area contributed by atoms with Crippen LogP contribution < -0.4 is 9.80 Å². The molecule has 4 heterocycles. The molecule has 0 unspecified atom stereocenters. The Morgan fingerprint density at radius 2 is 2.00 bits per heavy atom. The van der Waals surface area contributed by atoms with E-state index in [-0.39, 0.29) is 11.3 Å². The van der Waals surface area contributed by atoms with Crippen molar-refractivity contribution in [3.8, 4) is 0 Å². The quantitative estimate of drug-likeness (QED) is 0.834. The standard InChI is InChI=1S/C16H20N6O/c1-20-11-13(10-19-20)22-9-5-16(14(22)23)4-2-8-21(12-16)15-17-6-3-7-18-15/h3,6-7,10-11H,2,4-5,8-9,12H2,1H3/t16-/m1/s1. The highest BCUT2D eigenvalue weighted by Crippen LogP contribution is 2.42. The number of hydrogen-bond donors (Lipinski definition) is 0. The number of carbonyl (C=O) groups excluding carboxylic acids is 1. The van der Waals surface area contributed by atoms with Crippen LogP contribution in [0.2, 0.25) is 0 Å². The van der Waals surface area contributed by atoms with Gasteiger partial charge in [-0.05, 0) is 25.3 Å². The maximum absolute atomic E-state index is 13.1. The van der Waals surface area contributed by atoms with Gasteiger partial charge in [-0.3, -0.25) is 9.48 Å². The molecule has 0 aromatic carbocycles. The molecule has 2 aromatic rings. The summed E-state index contributed by atoms with van der Waals surface area (Å²) in [7, 11) is 1.87. The number of piperidine rings is 1. The van der Waals surface area contributed by atoms with Crippen molar-refractivity contribution in [1.29, 1.82) is 0 Å². The molecule has 7 heteroatoms. The van der Waals surface area contributed by atoms with E-state index in [9.17, 15) is 4.79 Å². The van der Waals surface area contributed by atoms with E-state index in [2.05, 4.69) is 20.0 Å². The molecule has 0 N–H and O–H groups in total. The lowest BCUT2D eigenvalue weighted by Gasteiger charge is -2.38. The second-order valence-corrected chi connectivity index (χ2v) is 6.43. The minimum atomic E-state index is -0.312. The zero-order valence-corrected chi connectivity index (χ0v) is 13.2. The molecule has 1 spiro atoms. The van der Waals surface area contributed by atoms with Crippen LogP contribution in [-0.4, -0.2) is 45.3 Å². The van der Waals surface area contributed by atoms with Gasteiger partial charge in [-0.1, -0.05) is 0 Å². The van der Waals surface area contributed by atoms with Crippen LogP contribution >= 0.6 is 0 Å². The molecule has 4 rings (SSSR count). The van der Waals surface area contributed by atoms with Gasteiger partial charge in [-0.2, -0.15) is 5.10 Å². The number of rotatable bonds is 2. The fourth-order valence-corrected chi connectivity index (χ4v) is 3.75. The molecule has 2 aliphatic rings. The smallest absolute Gasteiger partial charge is 0.235 e. The van der Waals surface area contributed by atoms with Gasteiger partial charge >= 0.3 is 0 Å². The maximum atomic E-state index is 13.1. The Balaban J connectivity index is 1.57. The summed E-state index contributed by atoms with van der Waals surface area (Å²) in [6.07, 6.45) is 9.97. The molecule has 0 saturated carbocycles. The first-order valence-corrected chi connectivity index (χ1v) is 8.01. The highest BCUT2D eigenvalue weighted by atomic mass is 16.2. The Kier molecular flexibility index (Phi) is 3.28. The monoisotopic (exact) mass is 312 g/mol. The molecule has 7 nitrogen and oxygen atoms in total. The number of nitrogens with zero attached hydrogens (tertiary/aromatic N) is 6. The zero-order chi connectivity index (χ0) is 15.9. The Bertz CT molecular complexity index is 714. The molecule has 2 aliphatic heterocycles. The van der Waals surface area contributed by atoms with Crippen molar-refractivity contribution in [2.75, 3.05) is 29.4 Å². The molecule has 23 heavy (non-hydrogen) atoms. The highest BCUT2D eigenvalue weighted by Gasteiger charge is 2.49. The van der Waals surface area contributed by atoms with Crippen molar-refractivity contribution in [2.45, 2.75) is 19.3 Å². The Morgan fingerprint density at radius 1 is 1.17 bits per heavy atom. The molecule has 2 fully saturated rings. The highest BCUT2D eigenvalue weighted by molar-refractivity contribution is 6.00. The number of hydrogen-bond acceptors (Lipinski definition) is 5. The summed E-state index contributed by atoms with van der Waals surface area (Å²) in [5.41, 5.74) is 0.579. The van der Waals surface area contributed by atoms with Crippen LogP contribution in [-0.2, 0) is 11.8 Å². The van der Waals surface area contributed by atoms with Crippen LogP contribution in [0.3, 0.4) is 0 Å². The summed E-state index contributed by atoms with van der Waals surface area (Å²) in [6.45, 7) is 2.37. The van der Waals surface area contributed by atoms with Gasteiger partial charge < -0.3 is 9.80 Å². The van der Waals surface area contributed by atoms with Crippen LogP contribution in [0.5, 0.6) is 0 Å². The van der Waals surface area contributed by atoms with E-state index in [4.69, 9.17) is 0 Å². The predicted molar refractivity (Wildman–Crippen MR) is 86.1 cm³/mol. The van der Waals surface area contributed by atoms with Crippen LogP contribution in [0, 0.1) is 5.41 Å². The first-order chi connectivity index (χ1) is 11.2. The van der Waals surface area contributed by atoms with E-state index in [0.717, 1.165) is 44.0 Å². The third-order valence-electron chi connectivity index (χ3n) is 4.93. The molecule has 1 amide bonds. The average molecular weight is 312 g/mol. The molecule has 2 aromatic heterocycles. The van der Waals surface area contributed by atoms with Crippen LogP contribution in [0.1, 0.15) is 19.3 Å². The normalized spacial score (nSPS) is 24.7. The lowest BCUT2D eigenvalue weighted by Crippen LogP contribution is -2.48. The lowest BCUT2D eigenvalue weighted by atomic mass is 9.78. The average Bonchev–Trinajstić information content (AvgIpc) is 3.14. The molecule has 120 valence electrons. The van der Waals surface area contributed by atoms with Gasteiger partial charge in [0.05, 0.1) is 17.3 Å². The summed E-state index contributed by atoms with van der Waals surface area (Å²) in [5, 5.41) is 4.18. The SMILES string of the molecule is Cn1cc(N2CC[C@@]3(CCCN(c4ncccn4)C3)C2=O)cn1. The Morgan fingerprint density at radius 3 is 2.74 bits per heavy atom. The first-order valence-electron chi connectivity index (χ1n) is 8.01. The Labute approximate surface area is 134 Å². The number of aryl methyl sites for hydroxylation is 1. The van der Waals surface area contributed by atoms with Gasteiger partial charge in [-0.25, -0.2) is 9.97 Å². The third-order valence-corrected chi connectivity index (χ3v) is 4.93. The zero-order valence-electron chi connectivity index (χ0n) is 13.2. The largest absolute Gasteiger partial charge is 0.340 e. The van der Waals surface area contributed by atoms with E-state index in [1.807, 2.05) is 24.2 Å². The maximum Gasteiger partial charge on any atom is 0.235 e. The molecule has 1 atom stereocenters. The Hall–Kier alpha value is -2.44. The van der Waals surface area contributed by atoms with Crippen molar-refractivity contribution < 1.29 is 4.79 Å². The minimum absolute atomic E-state index is 0.214. The summed E-state index contributed by atoms with van der Waals surface area (Å²) in [6, 6.07) is 1.81. The second-order valence-electron chi connectivity index (χ2n) is 6.43. The molecule has 2 saturated heterocycles. The molecular weight excluding hydrogens is 292 g/mol. The van der Waals surface area contributed by atoms with E-state index >= 15 is 0 Å². The van der Waals surface area contributed by atoms with Crippen molar-refractivity contribution in [1.82, 2.24) is 19.7 Å². The number of carbonyl (C=O) groups is 1. The first kappa shape index (κ1) is 14.2. The topological polar surface area (TPSA) is 67.2 Å². The lowest BCUT2D eigenvalue weighted by molar-refractivity contribution is -0.126. The predicted octanol–water partition coefficient (Wildman–Crippen LogP) is 1.23. The second kappa shape index (κ2) is 5.33. The number of aromatic nitrogens is 4. The molecule has 0 aliphatic carbocycles. The van der Waals surface area contributed by atoms with Crippen molar-refractivity contribution >= 4 is 17.5 Å². The van der Waals surface area contributed by atoms with E-state index < -0.39 is 0 Å². The van der Waals surface area contributed by atoms with E-state index in [1.54, 1.807) is 23.3 Å². The number of amides is 1. The van der Waals surface area contributed by atoms with Crippen LogP contribution in [0.15, 0.2) is 30.9 Å². The van der Waals surface area contributed by atoms with Gasteiger partial charge in [0.2, 0.25) is 11.9 Å². The van der Waals surface area contributed by atoms with Gasteiger partial charge in [0.15, 0.2) is 0 Å². The van der Waals surface area contributed by atoms with Gasteiger partial charge in [-0.15, -0.1) is 0 Å². The van der Waals surface area contributed by atoms with Crippen molar-refractivity contribution in [3.05, 3.63) is 30.9 Å². The van der Waals surface area contributed by atoms with Crippen LogP contribution in [0.4, 0.5) is 11.6 Å². The fraction of sp³-hybridized carbons (Fsp3) is 0.500. The summed E-state index contributed by atoms with van der Waals surface area (Å²) in [4.78, 5) is 25.8.